The Hall–Kier alpha value is -2.88. The first-order chi connectivity index (χ1) is 15.2. The highest BCUT2D eigenvalue weighted by molar-refractivity contribution is 5.92. The predicted molar refractivity (Wildman–Crippen MR) is 125 cm³/mol. The summed E-state index contributed by atoms with van der Waals surface area (Å²) in [6, 6.07) is 17.2. The molecule has 0 N–H and O–H groups in total. The van der Waals surface area contributed by atoms with Crippen molar-refractivity contribution in [3.05, 3.63) is 66.7 Å². The minimum absolute atomic E-state index is 0.384. The van der Waals surface area contributed by atoms with Crippen LogP contribution < -0.4 is 4.74 Å². The lowest BCUT2D eigenvalue weighted by Crippen LogP contribution is -2.07. The second kappa shape index (κ2) is 15.0. The van der Waals surface area contributed by atoms with Gasteiger partial charge < -0.3 is 9.47 Å². The summed E-state index contributed by atoms with van der Waals surface area (Å²) < 4.78 is 10.4. The van der Waals surface area contributed by atoms with Gasteiger partial charge in [0.15, 0.2) is 0 Å². The summed E-state index contributed by atoms with van der Waals surface area (Å²) in [5.74, 6) is -0.694. The largest absolute Gasteiger partial charge is 0.463 e. The first-order valence-electron chi connectivity index (χ1n) is 11.4. The van der Waals surface area contributed by atoms with Crippen molar-refractivity contribution in [3.63, 3.8) is 0 Å². The third kappa shape index (κ3) is 10.6. The second-order valence-electron chi connectivity index (χ2n) is 7.64. The molecule has 0 saturated heterocycles. The van der Waals surface area contributed by atoms with Crippen LogP contribution in [0.4, 0.5) is 0 Å². The van der Waals surface area contributed by atoms with Crippen molar-refractivity contribution in [1.82, 2.24) is 0 Å². The van der Waals surface area contributed by atoms with Crippen LogP contribution in [0.15, 0.2) is 66.7 Å². The molecule has 0 amide bonds. The van der Waals surface area contributed by atoms with Crippen molar-refractivity contribution in [1.29, 1.82) is 0 Å². The Balaban J connectivity index is 1.58. The first kappa shape index (κ1) is 24.4. The quantitative estimate of drug-likeness (QED) is 0.144. The smallest absolute Gasteiger partial charge is 0.336 e. The van der Waals surface area contributed by atoms with Gasteiger partial charge in [-0.15, -0.1) is 0 Å². The zero-order valence-corrected chi connectivity index (χ0v) is 18.6. The van der Waals surface area contributed by atoms with E-state index in [1.807, 2.05) is 42.5 Å². The lowest BCUT2D eigenvalue weighted by atomic mass is 10.1. The van der Waals surface area contributed by atoms with E-state index in [2.05, 4.69) is 6.92 Å². The van der Waals surface area contributed by atoms with Crippen LogP contribution >= 0.6 is 0 Å². The van der Waals surface area contributed by atoms with Gasteiger partial charge in [-0.1, -0.05) is 101 Å². The van der Waals surface area contributed by atoms with Gasteiger partial charge in [0.05, 0.1) is 6.61 Å². The molecule has 0 aliphatic heterocycles. The van der Waals surface area contributed by atoms with Gasteiger partial charge in [-0.25, -0.2) is 9.59 Å². The standard InChI is InChI=1S/C27H34O4/c1-2-3-4-5-6-7-8-9-13-22-30-26(28)20-21-27(29)31-25-18-16-24(17-19-25)23-14-11-10-12-15-23/h10-12,14-21H,2-9,13,22H2,1H3/b21-20+. The van der Waals surface area contributed by atoms with E-state index < -0.39 is 11.9 Å². The first-order valence-corrected chi connectivity index (χ1v) is 11.4. The molecule has 0 fully saturated rings. The molecule has 0 spiro atoms. The van der Waals surface area contributed by atoms with E-state index in [1.165, 1.54) is 44.9 Å². The number of carbonyl (C=O) groups excluding carboxylic acids is 2. The number of ether oxygens (including phenoxy) is 2. The highest BCUT2D eigenvalue weighted by atomic mass is 16.5. The van der Waals surface area contributed by atoms with Crippen molar-refractivity contribution in [2.45, 2.75) is 64.7 Å². The molecule has 4 nitrogen and oxygen atoms in total. The maximum absolute atomic E-state index is 11.9. The number of esters is 2. The molecule has 0 aromatic heterocycles. The van der Waals surface area contributed by atoms with Gasteiger partial charge in [0, 0.05) is 12.2 Å². The van der Waals surface area contributed by atoms with Crippen LogP contribution in [-0.2, 0) is 14.3 Å². The SMILES string of the molecule is CCCCCCCCCCCOC(=O)/C=C/C(=O)Oc1ccc(-c2ccccc2)cc1. The number of rotatable bonds is 14. The summed E-state index contributed by atoms with van der Waals surface area (Å²) in [7, 11) is 0. The molecule has 0 saturated carbocycles. The van der Waals surface area contributed by atoms with Gasteiger partial charge in [-0.05, 0) is 29.7 Å². The van der Waals surface area contributed by atoms with E-state index in [-0.39, 0.29) is 0 Å². The lowest BCUT2D eigenvalue weighted by molar-refractivity contribution is -0.138. The third-order valence-corrected chi connectivity index (χ3v) is 5.03. The molecule has 31 heavy (non-hydrogen) atoms. The monoisotopic (exact) mass is 422 g/mol. The average molecular weight is 423 g/mol. The molecule has 0 heterocycles. The van der Waals surface area contributed by atoms with Crippen molar-refractivity contribution < 1.29 is 19.1 Å². The van der Waals surface area contributed by atoms with E-state index in [9.17, 15) is 9.59 Å². The molecule has 0 bridgehead atoms. The number of unbranched alkanes of at least 4 members (excludes halogenated alkanes) is 8. The molecule has 0 aliphatic carbocycles. The van der Waals surface area contributed by atoms with Gasteiger partial charge >= 0.3 is 11.9 Å². The molecule has 0 aliphatic rings. The Morgan fingerprint density at radius 3 is 1.87 bits per heavy atom. The number of carbonyl (C=O) groups is 2. The second-order valence-corrected chi connectivity index (χ2v) is 7.64. The molecule has 0 radical (unpaired) electrons. The minimum atomic E-state index is -0.604. The van der Waals surface area contributed by atoms with Crippen molar-refractivity contribution in [2.24, 2.45) is 0 Å². The number of benzene rings is 2. The van der Waals surface area contributed by atoms with E-state index >= 15 is 0 Å². The summed E-state index contributed by atoms with van der Waals surface area (Å²) in [5.41, 5.74) is 2.13. The van der Waals surface area contributed by atoms with Gasteiger partial charge in [-0.3, -0.25) is 0 Å². The summed E-state index contributed by atoms with van der Waals surface area (Å²) in [6.45, 7) is 2.61. The van der Waals surface area contributed by atoms with Crippen LogP contribution in [0.1, 0.15) is 64.7 Å². The van der Waals surface area contributed by atoms with Gasteiger partial charge in [-0.2, -0.15) is 0 Å². The fourth-order valence-electron chi connectivity index (χ4n) is 3.27. The highest BCUT2D eigenvalue weighted by Crippen LogP contribution is 2.22. The third-order valence-electron chi connectivity index (χ3n) is 5.03. The zero-order chi connectivity index (χ0) is 22.2. The zero-order valence-electron chi connectivity index (χ0n) is 18.6. The Bertz CT molecular complexity index is 794. The molecule has 2 aromatic rings. The Morgan fingerprint density at radius 2 is 1.23 bits per heavy atom. The molecule has 4 heteroatoms. The average Bonchev–Trinajstić information content (AvgIpc) is 2.80. The van der Waals surface area contributed by atoms with Crippen molar-refractivity contribution in [2.75, 3.05) is 6.61 Å². The fraction of sp³-hybridized carbons (Fsp3) is 0.407. The summed E-state index contributed by atoms with van der Waals surface area (Å²) in [4.78, 5) is 23.6. The highest BCUT2D eigenvalue weighted by Gasteiger charge is 2.04. The summed E-state index contributed by atoms with van der Waals surface area (Å²) >= 11 is 0. The van der Waals surface area contributed by atoms with Gasteiger partial charge in [0.25, 0.3) is 0 Å². The minimum Gasteiger partial charge on any atom is -0.463 e. The Morgan fingerprint density at radius 1 is 0.677 bits per heavy atom. The fourth-order valence-corrected chi connectivity index (χ4v) is 3.27. The Kier molecular flexibility index (Phi) is 11.8. The molecule has 0 unspecified atom stereocenters. The maximum atomic E-state index is 11.9. The van der Waals surface area contributed by atoms with Crippen LogP contribution in [0.3, 0.4) is 0 Å². The van der Waals surface area contributed by atoms with Gasteiger partial charge in [0.2, 0.25) is 0 Å². The van der Waals surface area contributed by atoms with Gasteiger partial charge in [0.1, 0.15) is 5.75 Å². The van der Waals surface area contributed by atoms with Crippen molar-refractivity contribution in [3.8, 4) is 16.9 Å². The molecule has 2 rings (SSSR count). The van der Waals surface area contributed by atoms with Crippen LogP contribution in [-0.4, -0.2) is 18.5 Å². The van der Waals surface area contributed by atoms with E-state index in [4.69, 9.17) is 9.47 Å². The number of hydrogen-bond acceptors (Lipinski definition) is 4. The lowest BCUT2D eigenvalue weighted by Gasteiger charge is -2.04. The molecule has 0 atom stereocenters. The predicted octanol–water partition coefficient (Wildman–Crippen LogP) is 6.89. The van der Waals surface area contributed by atoms with Crippen LogP contribution in [0.5, 0.6) is 5.75 Å². The molecule has 166 valence electrons. The van der Waals surface area contributed by atoms with Crippen LogP contribution in [0.25, 0.3) is 11.1 Å². The van der Waals surface area contributed by atoms with E-state index in [0.717, 1.165) is 36.1 Å². The molecule has 2 aromatic carbocycles. The topological polar surface area (TPSA) is 52.6 Å². The summed E-state index contributed by atoms with van der Waals surface area (Å²) in [6.07, 6.45) is 13.1. The summed E-state index contributed by atoms with van der Waals surface area (Å²) in [5, 5.41) is 0. The molecular weight excluding hydrogens is 388 g/mol. The van der Waals surface area contributed by atoms with E-state index in [1.54, 1.807) is 12.1 Å². The van der Waals surface area contributed by atoms with E-state index in [0.29, 0.717) is 12.4 Å². The normalized spacial score (nSPS) is 10.9. The number of hydrogen-bond donors (Lipinski definition) is 0. The van der Waals surface area contributed by atoms with Crippen molar-refractivity contribution >= 4 is 11.9 Å². The van der Waals surface area contributed by atoms with Crippen LogP contribution in [0.2, 0.25) is 0 Å². The maximum Gasteiger partial charge on any atom is 0.336 e. The molecular formula is C27H34O4. The van der Waals surface area contributed by atoms with Crippen LogP contribution in [0, 0.1) is 0 Å². The Labute approximate surface area is 186 Å².